The third-order valence-electron chi connectivity index (χ3n) is 5.12. The fourth-order valence-corrected chi connectivity index (χ4v) is 3.70. The largest absolute Gasteiger partial charge is 0.340 e. The van der Waals surface area contributed by atoms with Crippen molar-refractivity contribution in [3.8, 4) is 11.3 Å². The van der Waals surface area contributed by atoms with Crippen LogP contribution in [0.5, 0.6) is 0 Å². The van der Waals surface area contributed by atoms with Gasteiger partial charge in [-0.1, -0.05) is 100 Å². The molecule has 0 aliphatic heterocycles. The van der Waals surface area contributed by atoms with Crippen molar-refractivity contribution in [2.45, 2.75) is 64.8 Å². The van der Waals surface area contributed by atoms with Crippen molar-refractivity contribution in [1.82, 2.24) is 4.57 Å². The first kappa shape index (κ1) is 17.8. The summed E-state index contributed by atoms with van der Waals surface area (Å²) in [6.07, 6.45) is 11.0. The Kier molecular flexibility index (Phi) is 6.73. The average Bonchev–Trinajstić information content (AvgIpc) is 3.03. The van der Waals surface area contributed by atoms with Gasteiger partial charge in [0.15, 0.2) is 0 Å². The van der Waals surface area contributed by atoms with Gasteiger partial charge < -0.3 is 4.57 Å². The van der Waals surface area contributed by atoms with Gasteiger partial charge in [0.05, 0.1) is 0 Å². The van der Waals surface area contributed by atoms with Gasteiger partial charge in [-0.3, -0.25) is 0 Å². The highest BCUT2D eigenvalue weighted by molar-refractivity contribution is 5.87. The van der Waals surface area contributed by atoms with E-state index in [0.29, 0.717) is 0 Å². The lowest BCUT2D eigenvalue weighted by Crippen LogP contribution is -2.00. The van der Waals surface area contributed by atoms with Crippen LogP contribution in [0.25, 0.3) is 22.2 Å². The second kappa shape index (κ2) is 9.46. The number of fused-ring (bicyclic) bond motifs is 1. The van der Waals surface area contributed by atoms with Gasteiger partial charge in [-0.25, -0.2) is 0 Å². The van der Waals surface area contributed by atoms with Gasteiger partial charge in [0.1, 0.15) is 0 Å². The molecule has 0 radical (unpaired) electrons. The Balaban J connectivity index is 1.64. The molecule has 1 aromatic heterocycles. The van der Waals surface area contributed by atoms with Crippen molar-refractivity contribution in [2.75, 3.05) is 0 Å². The van der Waals surface area contributed by atoms with E-state index in [0.717, 1.165) is 6.54 Å². The number of nitrogens with zero attached hydrogens (tertiary/aromatic N) is 1. The highest BCUT2D eigenvalue weighted by Gasteiger charge is 2.09. The Morgan fingerprint density at radius 2 is 1.32 bits per heavy atom. The molecule has 1 nitrogen and oxygen atoms in total. The van der Waals surface area contributed by atoms with Gasteiger partial charge in [-0.05, 0) is 24.1 Å². The minimum absolute atomic E-state index is 1.12. The molecule has 0 N–H and O–H groups in total. The molecule has 2 aromatic carbocycles. The quantitative estimate of drug-likeness (QED) is 0.339. The predicted octanol–water partition coefficient (Wildman–Crippen LogP) is 7.45. The topological polar surface area (TPSA) is 4.93 Å². The zero-order valence-corrected chi connectivity index (χ0v) is 15.6. The maximum absolute atomic E-state index is 2.52. The molecule has 132 valence electrons. The van der Waals surface area contributed by atoms with Crippen molar-refractivity contribution < 1.29 is 0 Å². The minimum Gasteiger partial charge on any atom is -0.340 e. The first-order valence-corrected chi connectivity index (χ1v) is 10.0. The number of hydrogen-bond donors (Lipinski definition) is 0. The third-order valence-corrected chi connectivity index (χ3v) is 5.12. The van der Waals surface area contributed by atoms with E-state index in [-0.39, 0.29) is 0 Å². The summed E-state index contributed by atoms with van der Waals surface area (Å²) >= 11 is 0. The Morgan fingerprint density at radius 3 is 2.08 bits per heavy atom. The van der Waals surface area contributed by atoms with Gasteiger partial charge in [0.25, 0.3) is 0 Å². The van der Waals surface area contributed by atoms with Crippen molar-refractivity contribution in [1.29, 1.82) is 0 Å². The molecule has 0 unspecified atom stereocenters. The standard InChI is InChI=1S/C24H31N/c1-2-3-4-5-6-7-8-14-19-25-23-18-13-12-17-22(23)20-24(25)21-15-10-9-11-16-21/h9-13,15-18,20H,2-8,14,19H2,1H3. The van der Waals surface area contributed by atoms with Crippen LogP contribution in [0.1, 0.15) is 58.3 Å². The third kappa shape index (κ3) is 4.75. The molecule has 0 spiro atoms. The maximum Gasteiger partial charge on any atom is 0.0491 e. The summed E-state index contributed by atoms with van der Waals surface area (Å²) in [4.78, 5) is 0. The smallest absolute Gasteiger partial charge is 0.0491 e. The van der Waals surface area contributed by atoms with Gasteiger partial charge in [-0.15, -0.1) is 0 Å². The van der Waals surface area contributed by atoms with E-state index in [2.05, 4.69) is 72.2 Å². The number of para-hydroxylation sites is 1. The lowest BCUT2D eigenvalue weighted by molar-refractivity contribution is 0.550. The van der Waals surface area contributed by atoms with Crippen molar-refractivity contribution in [2.24, 2.45) is 0 Å². The molecule has 0 atom stereocenters. The summed E-state index contributed by atoms with van der Waals surface area (Å²) in [5, 5.41) is 1.35. The molecule has 0 aliphatic rings. The second-order valence-electron chi connectivity index (χ2n) is 7.08. The normalized spacial score (nSPS) is 11.2. The molecule has 3 aromatic rings. The zero-order valence-electron chi connectivity index (χ0n) is 15.6. The van der Waals surface area contributed by atoms with Gasteiger partial charge in [0, 0.05) is 23.1 Å². The molecule has 25 heavy (non-hydrogen) atoms. The first-order chi connectivity index (χ1) is 12.4. The van der Waals surface area contributed by atoms with E-state index in [1.54, 1.807) is 0 Å². The second-order valence-corrected chi connectivity index (χ2v) is 7.08. The summed E-state index contributed by atoms with van der Waals surface area (Å²) in [6.45, 7) is 3.40. The van der Waals surface area contributed by atoms with Crippen molar-refractivity contribution in [3.63, 3.8) is 0 Å². The molecule has 3 rings (SSSR count). The molecule has 1 heteroatoms. The number of aromatic nitrogens is 1. The summed E-state index contributed by atoms with van der Waals surface area (Å²) < 4.78 is 2.52. The van der Waals surface area contributed by atoms with Crippen molar-refractivity contribution in [3.05, 3.63) is 60.7 Å². The zero-order chi connectivity index (χ0) is 17.3. The van der Waals surface area contributed by atoms with Crippen LogP contribution in [0.2, 0.25) is 0 Å². The van der Waals surface area contributed by atoms with Crippen LogP contribution in [0.4, 0.5) is 0 Å². The molecule has 1 heterocycles. The summed E-state index contributed by atoms with van der Waals surface area (Å²) in [6, 6.07) is 21.9. The molecular weight excluding hydrogens is 302 g/mol. The summed E-state index contributed by atoms with van der Waals surface area (Å²) in [5.41, 5.74) is 4.03. The molecule has 0 aliphatic carbocycles. The van der Waals surface area contributed by atoms with Crippen LogP contribution in [0, 0.1) is 0 Å². The summed E-state index contributed by atoms with van der Waals surface area (Å²) in [7, 11) is 0. The average molecular weight is 334 g/mol. The fourth-order valence-electron chi connectivity index (χ4n) is 3.70. The Labute approximate surface area is 152 Å². The highest BCUT2D eigenvalue weighted by Crippen LogP contribution is 2.28. The lowest BCUT2D eigenvalue weighted by Gasteiger charge is -2.11. The number of hydrogen-bond acceptors (Lipinski definition) is 0. The molecule has 0 saturated carbocycles. The van der Waals surface area contributed by atoms with E-state index in [4.69, 9.17) is 0 Å². The van der Waals surface area contributed by atoms with Crippen LogP contribution in [0.3, 0.4) is 0 Å². The van der Waals surface area contributed by atoms with Gasteiger partial charge >= 0.3 is 0 Å². The number of benzene rings is 2. The molecule has 0 amide bonds. The van der Waals surface area contributed by atoms with Crippen LogP contribution in [0.15, 0.2) is 60.7 Å². The van der Waals surface area contributed by atoms with Crippen molar-refractivity contribution >= 4 is 10.9 Å². The van der Waals surface area contributed by atoms with Crippen LogP contribution in [-0.4, -0.2) is 4.57 Å². The molecule has 0 saturated heterocycles. The Hall–Kier alpha value is -2.02. The van der Waals surface area contributed by atoms with E-state index >= 15 is 0 Å². The van der Waals surface area contributed by atoms with Crippen LogP contribution in [-0.2, 0) is 6.54 Å². The van der Waals surface area contributed by atoms with E-state index < -0.39 is 0 Å². The van der Waals surface area contributed by atoms with E-state index in [9.17, 15) is 0 Å². The molecule has 0 fully saturated rings. The number of rotatable bonds is 10. The number of unbranched alkanes of at least 4 members (excludes halogenated alkanes) is 7. The number of aryl methyl sites for hydroxylation is 1. The highest BCUT2D eigenvalue weighted by atomic mass is 15.0. The lowest BCUT2D eigenvalue weighted by atomic mass is 10.1. The maximum atomic E-state index is 2.52. The fraction of sp³-hybridized carbons (Fsp3) is 0.417. The summed E-state index contributed by atoms with van der Waals surface area (Å²) in [5.74, 6) is 0. The first-order valence-electron chi connectivity index (χ1n) is 10.0. The molecule has 0 bridgehead atoms. The van der Waals surface area contributed by atoms with E-state index in [1.807, 2.05) is 0 Å². The monoisotopic (exact) mass is 333 g/mol. The minimum atomic E-state index is 1.12. The SMILES string of the molecule is CCCCCCCCCCn1c(-c2ccccc2)cc2ccccc21. The Morgan fingerprint density at radius 1 is 0.680 bits per heavy atom. The molecular formula is C24H31N. The van der Waals surface area contributed by atoms with Crippen LogP contribution < -0.4 is 0 Å². The van der Waals surface area contributed by atoms with Gasteiger partial charge in [0.2, 0.25) is 0 Å². The predicted molar refractivity (Wildman–Crippen MR) is 110 cm³/mol. The Bertz CT molecular complexity index is 754. The van der Waals surface area contributed by atoms with Crippen LogP contribution >= 0.6 is 0 Å². The van der Waals surface area contributed by atoms with Gasteiger partial charge in [-0.2, -0.15) is 0 Å². The van der Waals surface area contributed by atoms with E-state index in [1.165, 1.54) is 73.5 Å².